The van der Waals surface area contributed by atoms with E-state index in [1.165, 1.54) is 0 Å². The highest BCUT2D eigenvalue weighted by atomic mass is 16.5. The molecule has 1 atom stereocenters. The normalized spacial score (nSPS) is 11.9. The predicted octanol–water partition coefficient (Wildman–Crippen LogP) is 6.30. The van der Waals surface area contributed by atoms with E-state index in [-0.39, 0.29) is 12.5 Å². The average molecular weight is 412 g/mol. The fourth-order valence-corrected chi connectivity index (χ4v) is 3.88. The molecule has 0 aliphatic carbocycles. The number of hydrogen-bond acceptors (Lipinski definition) is 3. The summed E-state index contributed by atoms with van der Waals surface area (Å²) in [5.74, 6) is -0.534. The van der Waals surface area contributed by atoms with Crippen LogP contribution in [0.4, 0.5) is 5.69 Å². The van der Waals surface area contributed by atoms with Crippen LogP contribution in [0.5, 0.6) is 0 Å². The van der Waals surface area contributed by atoms with E-state index < -0.39 is 5.97 Å². The van der Waals surface area contributed by atoms with Gasteiger partial charge in [0.05, 0.1) is 5.56 Å². The number of nitrogens with one attached hydrogen (secondary N) is 1. The quantitative estimate of drug-likeness (QED) is 0.299. The zero-order valence-corrected chi connectivity index (χ0v) is 17.7. The lowest BCUT2D eigenvalue weighted by molar-refractivity contribution is -0.119. The molecule has 0 unspecified atom stereocenters. The summed E-state index contributed by atoms with van der Waals surface area (Å²) in [6, 6.07) is 25.2. The molecular weight excluding hydrogens is 386 g/mol. The van der Waals surface area contributed by atoms with Gasteiger partial charge in [-0.05, 0) is 51.6 Å². The maximum atomic E-state index is 13.0. The van der Waals surface area contributed by atoms with Crippen LogP contribution < -0.4 is 5.32 Å². The van der Waals surface area contributed by atoms with Crippen LogP contribution in [-0.4, -0.2) is 18.5 Å². The van der Waals surface area contributed by atoms with Crippen LogP contribution in [0.3, 0.4) is 0 Å². The van der Waals surface area contributed by atoms with Gasteiger partial charge in [0, 0.05) is 5.69 Å². The first-order valence-corrected chi connectivity index (χ1v) is 10.5. The van der Waals surface area contributed by atoms with Gasteiger partial charge in [-0.15, -0.1) is 0 Å². The van der Waals surface area contributed by atoms with Crippen LogP contribution in [0.25, 0.3) is 21.5 Å². The Balaban J connectivity index is 1.56. The molecule has 4 nitrogen and oxygen atoms in total. The Morgan fingerprint density at radius 3 is 2.10 bits per heavy atom. The van der Waals surface area contributed by atoms with Crippen LogP contribution >= 0.6 is 0 Å². The van der Waals surface area contributed by atoms with Crippen molar-refractivity contribution >= 4 is 39.1 Å². The van der Waals surface area contributed by atoms with E-state index in [1.54, 1.807) is 0 Å². The van der Waals surface area contributed by atoms with E-state index in [9.17, 15) is 9.59 Å². The largest absolute Gasteiger partial charge is 0.452 e. The second kappa shape index (κ2) is 9.00. The highest BCUT2D eigenvalue weighted by molar-refractivity contribution is 6.16. The molecule has 4 rings (SSSR count). The summed E-state index contributed by atoms with van der Waals surface area (Å²) < 4.78 is 5.45. The minimum absolute atomic E-state index is 0.320. The van der Waals surface area contributed by atoms with E-state index >= 15 is 0 Å². The molecule has 0 aromatic heterocycles. The van der Waals surface area contributed by atoms with Gasteiger partial charge in [0.2, 0.25) is 0 Å². The summed E-state index contributed by atoms with van der Waals surface area (Å²) in [4.78, 5) is 25.6. The smallest absolute Gasteiger partial charge is 0.339 e. The first kappa shape index (κ1) is 20.6. The Kier molecular flexibility index (Phi) is 5.99. The van der Waals surface area contributed by atoms with E-state index in [2.05, 4.69) is 25.2 Å². The van der Waals surface area contributed by atoms with Crippen LogP contribution in [0, 0.1) is 0 Å². The van der Waals surface area contributed by atoms with Crippen molar-refractivity contribution in [2.75, 3.05) is 11.9 Å². The molecule has 31 heavy (non-hydrogen) atoms. The topological polar surface area (TPSA) is 55.4 Å². The Morgan fingerprint density at radius 1 is 0.871 bits per heavy atom. The first-order valence-electron chi connectivity index (χ1n) is 10.5. The van der Waals surface area contributed by atoms with Crippen molar-refractivity contribution in [1.82, 2.24) is 0 Å². The molecule has 0 aliphatic rings. The highest BCUT2D eigenvalue weighted by Gasteiger charge is 2.18. The standard InChI is InChI=1S/C27H25NO3/c1-3-18(2)21-12-8-9-15-24(21)28-25(29)17-31-27(30)26-22-13-6-4-10-19(22)16-20-11-5-7-14-23(20)26/h4-16,18H,3,17H2,1-2H3,(H,28,29)/t18-/m1/s1. The van der Waals surface area contributed by atoms with Gasteiger partial charge in [-0.3, -0.25) is 4.79 Å². The van der Waals surface area contributed by atoms with Crippen molar-refractivity contribution in [3.63, 3.8) is 0 Å². The second-order valence-corrected chi connectivity index (χ2v) is 7.71. The summed E-state index contributed by atoms with van der Waals surface area (Å²) in [5.41, 5.74) is 2.32. The number of anilines is 1. The summed E-state index contributed by atoms with van der Waals surface area (Å²) in [5, 5.41) is 6.43. The van der Waals surface area contributed by atoms with Gasteiger partial charge in [-0.1, -0.05) is 80.6 Å². The monoisotopic (exact) mass is 411 g/mol. The van der Waals surface area contributed by atoms with Crippen molar-refractivity contribution in [2.24, 2.45) is 0 Å². The average Bonchev–Trinajstić information content (AvgIpc) is 2.80. The molecule has 4 heteroatoms. The number of hydrogen-bond donors (Lipinski definition) is 1. The molecular formula is C27H25NO3. The molecule has 1 N–H and O–H groups in total. The van der Waals surface area contributed by atoms with E-state index in [4.69, 9.17) is 4.74 Å². The van der Waals surface area contributed by atoms with Gasteiger partial charge in [0.15, 0.2) is 6.61 Å². The minimum Gasteiger partial charge on any atom is -0.452 e. The highest BCUT2D eigenvalue weighted by Crippen LogP contribution is 2.29. The SMILES string of the molecule is CC[C@@H](C)c1ccccc1NC(=O)COC(=O)c1c2ccccc2cc2ccccc12. The zero-order valence-electron chi connectivity index (χ0n) is 17.7. The second-order valence-electron chi connectivity index (χ2n) is 7.71. The number of benzene rings is 4. The Bertz CT molecular complexity index is 1210. The lowest BCUT2D eigenvalue weighted by Gasteiger charge is -2.16. The molecule has 4 aromatic carbocycles. The molecule has 0 bridgehead atoms. The van der Waals surface area contributed by atoms with Gasteiger partial charge in [0.25, 0.3) is 5.91 Å². The molecule has 0 aliphatic heterocycles. The number of esters is 1. The third-order valence-electron chi connectivity index (χ3n) is 5.69. The number of ether oxygens (including phenoxy) is 1. The predicted molar refractivity (Wildman–Crippen MR) is 126 cm³/mol. The molecule has 0 heterocycles. The first-order chi connectivity index (χ1) is 15.1. The van der Waals surface area contributed by atoms with Crippen LogP contribution in [0.15, 0.2) is 78.9 Å². The van der Waals surface area contributed by atoms with E-state index in [0.29, 0.717) is 11.5 Å². The van der Waals surface area contributed by atoms with Gasteiger partial charge in [-0.25, -0.2) is 4.79 Å². The number of rotatable bonds is 6. The van der Waals surface area contributed by atoms with Crippen LogP contribution in [0.2, 0.25) is 0 Å². The van der Waals surface area contributed by atoms with Crippen LogP contribution in [0.1, 0.15) is 42.1 Å². The van der Waals surface area contributed by atoms with Crippen molar-refractivity contribution < 1.29 is 14.3 Å². The zero-order chi connectivity index (χ0) is 21.8. The van der Waals surface area contributed by atoms with E-state index in [1.807, 2.05) is 72.8 Å². The summed E-state index contributed by atoms with van der Waals surface area (Å²) in [6.45, 7) is 3.89. The maximum Gasteiger partial charge on any atom is 0.339 e. The molecule has 0 saturated heterocycles. The Labute approximate surface area is 181 Å². The van der Waals surface area contributed by atoms with Crippen LogP contribution in [-0.2, 0) is 9.53 Å². The molecule has 156 valence electrons. The number of amides is 1. The fourth-order valence-electron chi connectivity index (χ4n) is 3.88. The van der Waals surface area contributed by atoms with Gasteiger partial charge in [0.1, 0.15) is 0 Å². The maximum absolute atomic E-state index is 13.0. The van der Waals surface area contributed by atoms with Crippen molar-refractivity contribution in [1.29, 1.82) is 0 Å². The number of carbonyl (C=O) groups is 2. The van der Waals surface area contributed by atoms with Gasteiger partial charge < -0.3 is 10.1 Å². The lowest BCUT2D eigenvalue weighted by Crippen LogP contribution is -2.22. The molecule has 0 fully saturated rings. The van der Waals surface area contributed by atoms with E-state index in [0.717, 1.165) is 39.2 Å². The summed E-state index contributed by atoms with van der Waals surface area (Å²) in [7, 11) is 0. The number of fused-ring (bicyclic) bond motifs is 2. The summed E-state index contributed by atoms with van der Waals surface area (Å²) >= 11 is 0. The van der Waals surface area contributed by atoms with Crippen molar-refractivity contribution in [2.45, 2.75) is 26.2 Å². The summed E-state index contributed by atoms with van der Waals surface area (Å²) in [6.07, 6.45) is 0.968. The molecule has 0 spiro atoms. The van der Waals surface area contributed by atoms with Crippen molar-refractivity contribution in [3.8, 4) is 0 Å². The number of carbonyl (C=O) groups excluding carboxylic acids is 2. The molecule has 4 aromatic rings. The minimum atomic E-state index is -0.502. The van der Waals surface area contributed by atoms with Crippen molar-refractivity contribution in [3.05, 3.63) is 90.0 Å². The molecule has 0 radical (unpaired) electrons. The lowest BCUT2D eigenvalue weighted by atomic mass is 9.97. The van der Waals surface area contributed by atoms with Gasteiger partial charge >= 0.3 is 5.97 Å². The fraction of sp³-hybridized carbons (Fsp3) is 0.185. The van der Waals surface area contributed by atoms with Gasteiger partial charge in [-0.2, -0.15) is 0 Å². The Hall–Kier alpha value is -3.66. The molecule has 0 saturated carbocycles. The third-order valence-corrected chi connectivity index (χ3v) is 5.69. The molecule has 1 amide bonds. The number of para-hydroxylation sites is 1. The third kappa shape index (κ3) is 4.29. The Morgan fingerprint density at radius 2 is 1.45 bits per heavy atom.